The molecule has 0 spiro atoms. The minimum Gasteiger partial charge on any atom is -0.345 e. The van der Waals surface area contributed by atoms with Gasteiger partial charge in [0.15, 0.2) is 11.5 Å². The molecule has 0 fully saturated rings. The molecule has 3 aromatic heterocycles. The standard InChI is InChI=1S/C21H15N7O/c29-21(28-20-18-19(25-11-24-18)26-12-27-20)16-6-2-4-14(8-16)13-3-1-5-15(7-13)17-9-22-10-23-17/h1-12H,(H,22,23)(H2,24,25,26,27,28,29). The summed E-state index contributed by atoms with van der Waals surface area (Å²) in [7, 11) is 0. The van der Waals surface area contributed by atoms with Crippen LogP contribution in [0.4, 0.5) is 5.82 Å². The van der Waals surface area contributed by atoms with E-state index in [0.29, 0.717) is 22.5 Å². The average molecular weight is 381 g/mol. The molecule has 0 radical (unpaired) electrons. The van der Waals surface area contributed by atoms with Crippen molar-refractivity contribution in [3.05, 3.63) is 79.3 Å². The van der Waals surface area contributed by atoms with Crippen molar-refractivity contribution in [2.24, 2.45) is 0 Å². The van der Waals surface area contributed by atoms with Crippen molar-refractivity contribution in [2.45, 2.75) is 0 Å². The van der Waals surface area contributed by atoms with Gasteiger partial charge in [-0.2, -0.15) is 0 Å². The first-order chi connectivity index (χ1) is 14.3. The van der Waals surface area contributed by atoms with Crippen LogP contribution in [-0.4, -0.2) is 35.8 Å². The van der Waals surface area contributed by atoms with Gasteiger partial charge in [0.1, 0.15) is 11.8 Å². The average Bonchev–Trinajstić information content (AvgIpc) is 3.46. The summed E-state index contributed by atoms with van der Waals surface area (Å²) in [5.41, 5.74) is 5.52. The Labute approximate surface area is 165 Å². The second kappa shape index (κ2) is 7.01. The van der Waals surface area contributed by atoms with Crippen LogP contribution in [0, 0.1) is 0 Å². The summed E-state index contributed by atoms with van der Waals surface area (Å²) in [4.78, 5) is 35.2. The van der Waals surface area contributed by atoms with Gasteiger partial charge in [0.25, 0.3) is 5.91 Å². The van der Waals surface area contributed by atoms with Crippen molar-refractivity contribution in [3.8, 4) is 22.4 Å². The highest BCUT2D eigenvalue weighted by molar-refractivity contribution is 6.07. The van der Waals surface area contributed by atoms with Gasteiger partial charge in [0.05, 0.1) is 24.5 Å². The molecule has 0 aliphatic carbocycles. The molecule has 0 bridgehead atoms. The van der Waals surface area contributed by atoms with Gasteiger partial charge in [0.2, 0.25) is 0 Å². The molecule has 29 heavy (non-hydrogen) atoms. The Balaban J connectivity index is 1.45. The number of rotatable bonds is 4. The molecule has 0 saturated heterocycles. The summed E-state index contributed by atoms with van der Waals surface area (Å²) < 4.78 is 0. The van der Waals surface area contributed by atoms with Crippen LogP contribution in [0.1, 0.15) is 10.4 Å². The van der Waals surface area contributed by atoms with Gasteiger partial charge >= 0.3 is 0 Å². The summed E-state index contributed by atoms with van der Waals surface area (Å²) in [5.74, 6) is 0.135. The van der Waals surface area contributed by atoms with E-state index in [1.807, 2.05) is 36.4 Å². The molecule has 3 heterocycles. The highest BCUT2D eigenvalue weighted by atomic mass is 16.1. The van der Waals surface area contributed by atoms with E-state index in [-0.39, 0.29) is 5.91 Å². The minimum absolute atomic E-state index is 0.258. The Morgan fingerprint density at radius 1 is 0.862 bits per heavy atom. The van der Waals surface area contributed by atoms with Crippen molar-refractivity contribution in [1.82, 2.24) is 29.9 Å². The summed E-state index contributed by atoms with van der Waals surface area (Å²) in [5, 5.41) is 2.83. The number of H-pyrrole nitrogens is 2. The van der Waals surface area contributed by atoms with Crippen LogP contribution in [-0.2, 0) is 0 Å². The van der Waals surface area contributed by atoms with E-state index in [1.54, 1.807) is 18.6 Å². The maximum atomic E-state index is 12.8. The normalized spacial score (nSPS) is 10.9. The van der Waals surface area contributed by atoms with E-state index in [9.17, 15) is 4.79 Å². The SMILES string of the molecule is O=C(Nc1ncnc2nc[nH]c12)c1cccc(-c2cccc(-c3cnc[nH]3)c2)c1. The molecule has 5 rings (SSSR count). The van der Waals surface area contributed by atoms with Gasteiger partial charge in [-0.05, 0) is 29.3 Å². The van der Waals surface area contributed by atoms with Gasteiger partial charge < -0.3 is 15.3 Å². The van der Waals surface area contributed by atoms with Crippen molar-refractivity contribution < 1.29 is 4.79 Å². The van der Waals surface area contributed by atoms with E-state index in [0.717, 1.165) is 22.4 Å². The number of hydrogen-bond donors (Lipinski definition) is 3. The minimum atomic E-state index is -0.258. The summed E-state index contributed by atoms with van der Waals surface area (Å²) >= 11 is 0. The number of amides is 1. The summed E-state index contributed by atoms with van der Waals surface area (Å²) in [6.45, 7) is 0. The molecule has 0 atom stereocenters. The number of nitrogens with zero attached hydrogens (tertiary/aromatic N) is 4. The van der Waals surface area contributed by atoms with Crippen LogP contribution in [0.25, 0.3) is 33.5 Å². The summed E-state index contributed by atoms with van der Waals surface area (Å²) in [6.07, 6.45) is 6.32. The molecular formula is C21H15N7O. The highest BCUT2D eigenvalue weighted by Gasteiger charge is 2.12. The number of aromatic nitrogens is 6. The molecule has 3 N–H and O–H groups in total. The van der Waals surface area contributed by atoms with E-state index in [4.69, 9.17) is 0 Å². The zero-order chi connectivity index (χ0) is 19.6. The molecule has 140 valence electrons. The van der Waals surface area contributed by atoms with E-state index >= 15 is 0 Å². The summed E-state index contributed by atoms with van der Waals surface area (Å²) in [6, 6.07) is 15.5. The largest absolute Gasteiger partial charge is 0.345 e. The number of benzene rings is 2. The molecule has 0 saturated carbocycles. The second-order valence-corrected chi connectivity index (χ2v) is 6.40. The monoisotopic (exact) mass is 381 g/mol. The number of fused-ring (bicyclic) bond motifs is 1. The van der Waals surface area contributed by atoms with Crippen LogP contribution in [0.5, 0.6) is 0 Å². The number of hydrogen-bond acceptors (Lipinski definition) is 5. The first-order valence-corrected chi connectivity index (χ1v) is 8.92. The van der Waals surface area contributed by atoms with Crippen LogP contribution < -0.4 is 5.32 Å². The lowest BCUT2D eigenvalue weighted by Crippen LogP contribution is -2.13. The molecule has 5 aromatic rings. The van der Waals surface area contributed by atoms with Crippen LogP contribution in [0.2, 0.25) is 0 Å². The number of carbonyl (C=O) groups excluding carboxylic acids is 1. The van der Waals surface area contributed by atoms with E-state index in [2.05, 4.69) is 41.3 Å². The lowest BCUT2D eigenvalue weighted by molar-refractivity contribution is 0.102. The number of carbonyl (C=O) groups is 1. The topological polar surface area (TPSA) is 112 Å². The highest BCUT2D eigenvalue weighted by Crippen LogP contribution is 2.26. The van der Waals surface area contributed by atoms with Crippen molar-refractivity contribution in [2.75, 3.05) is 5.32 Å². The fraction of sp³-hybridized carbons (Fsp3) is 0. The molecular weight excluding hydrogens is 366 g/mol. The third kappa shape index (κ3) is 3.23. The molecule has 8 heteroatoms. The third-order valence-electron chi connectivity index (χ3n) is 4.58. The van der Waals surface area contributed by atoms with Gasteiger partial charge in [-0.3, -0.25) is 4.79 Å². The second-order valence-electron chi connectivity index (χ2n) is 6.40. The van der Waals surface area contributed by atoms with Crippen molar-refractivity contribution in [1.29, 1.82) is 0 Å². The fourth-order valence-corrected chi connectivity index (χ4v) is 3.16. The number of imidazole rings is 2. The number of nitrogens with one attached hydrogen (secondary N) is 3. The van der Waals surface area contributed by atoms with Gasteiger partial charge in [-0.25, -0.2) is 19.9 Å². The van der Waals surface area contributed by atoms with Crippen molar-refractivity contribution in [3.63, 3.8) is 0 Å². The maximum Gasteiger partial charge on any atom is 0.256 e. The lowest BCUT2D eigenvalue weighted by Gasteiger charge is -2.08. The Morgan fingerprint density at radius 2 is 1.69 bits per heavy atom. The van der Waals surface area contributed by atoms with Crippen molar-refractivity contribution >= 4 is 22.9 Å². The van der Waals surface area contributed by atoms with Crippen LogP contribution >= 0.6 is 0 Å². The predicted molar refractivity (Wildman–Crippen MR) is 109 cm³/mol. The Hall–Kier alpha value is -4.33. The molecule has 1 amide bonds. The number of aromatic amines is 2. The Morgan fingerprint density at radius 3 is 2.55 bits per heavy atom. The maximum absolute atomic E-state index is 12.8. The quantitative estimate of drug-likeness (QED) is 0.440. The molecule has 8 nitrogen and oxygen atoms in total. The fourth-order valence-electron chi connectivity index (χ4n) is 3.16. The molecule has 0 aliphatic rings. The molecule has 0 unspecified atom stereocenters. The predicted octanol–water partition coefficient (Wildman–Crippen LogP) is 3.66. The number of anilines is 1. The first-order valence-electron chi connectivity index (χ1n) is 8.92. The lowest BCUT2D eigenvalue weighted by atomic mass is 10.00. The Bertz CT molecular complexity index is 1310. The third-order valence-corrected chi connectivity index (χ3v) is 4.58. The molecule has 0 aliphatic heterocycles. The zero-order valence-corrected chi connectivity index (χ0v) is 15.1. The Kier molecular flexibility index (Phi) is 4.06. The smallest absolute Gasteiger partial charge is 0.256 e. The molecule has 2 aromatic carbocycles. The zero-order valence-electron chi connectivity index (χ0n) is 15.1. The van der Waals surface area contributed by atoms with Gasteiger partial charge in [0, 0.05) is 11.1 Å². The van der Waals surface area contributed by atoms with Gasteiger partial charge in [-0.1, -0.05) is 30.3 Å². The first kappa shape index (κ1) is 16.8. The van der Waals surface area contributed by atoms with Gasteiger partial charge in [-0.15, -0.1) is 0 Å². The van der Waals surface area contributed by atoms with E-state index < -0.39 is 0 Å². The van der Waals surface area contributed by atoms with E-state index in [1.165, 1.54) is 12.7 Å². The van der Waals surface area contributed by atoms with Crippen LogP contribution in [0.15, 0.2) is 73.7 Å². The van der Waals surface area contributed by atoms with Crippen LogP contribution in [0.3, 0.4) is 0 Å².